The Morgan fingerprint density at radius 1 is 0.797 bits per heavy atom. The Morgan fingerprint density at radius 3 is 2.07 bits per heavy atom. The van der Waals surface area contributed by atoms with Crippen molar-refractivity contribution in [3.8, 4) is 22.9 Å². The molecule has 21 nitrogen and oxygen atoms in total. The van der Waals surface area contributed by atoms with Gasteiger partial charge in [0, 0.05) is 17.9 Å². The summed E-state index contributed by atoms with van der Waals surface area (Å²) in [5, 5.41) is 24.5. The van der Waals surface area contributed by atoms with Crippen molar-refractivity contribution in [1.82, 2.24) is 24.8 Å². The lowest BCUT2D eigenvalue weighted by molar-refractivity contribution is -0.172. The second kappa shape index (κ2) is 23.2. The smallest absolute Gasteiger partial charge is 0.480 e. The molecule has 0 spiro atoms. The van der Waals surface area contributed by atoms with Gasteiger partial charge < -0.3 is 39.2 Å². The summed E-state index contributed by atoms with van der Waals surface area (Å²) in [7, 11) is -4.69. The van der Waals surface area contributed by atoms with Crippen LogP contribution in [0.1, 0.15) is 73.3 Å². The summed E-state index contributed by atoms with van der Waals surface area (Å²) in [5.41, 5.74) is 5.15. The summed E-state index contributed by atoms with van der Waals surface area (Å²) in [6.45, 7) is 5.34. The molecule has 22 heteroatoms. The number of esters is 2. The van der Waals surface area contributed by atoms with Gasteiger partial charge in [0.2, 0.25) is 0 Å². The lowest BCUT2D eigenvalue weighted by Gasteiger charge is -2.26. The number of imidazole rings is 1. The Bertz CT molecular complexity index is 3060. The van der Waals surface area contributed by atoms with Crippen LogP contribution in [-0.2, 0) is 53.4 Å². The number of nitrogens with zero attached hydrogens (tertiary/aromatic N) is 5. The van der Waals surface area contributed by atoms with Crippen LogP contribution in [0, 0.1) is 23.2 Å². The highest BCUT2D eigenvalue weighted by Gasteiger charge is 2.52. The zero-order valence-electron chi connectivity index (χ0n) is 40.6. The first-order valence-electron chi connectivity index (χ1n) is 23.6. The fraction of sp³-hybridized carbons (Fsp3) is 0.327. The van der Waals surface area contributed by atoms with Crippen LogP contribution < -0.4 is 15.2 Å². The highest BCUT2D eigenvalue weighted by atomic mass is 31.2. The normalized spacial score (nSPS) is 18.1. The summed E-state index contributed by atoms with van der Waals surface area (Å²) in [5.74, 6) is -4.68. The van der Waals surface area contributed by atoms with Crippen LogP contribution in [-0.4, -0.2) is 98.7 Å². The first-order chi connectivity index (χ1) is 35.6. The second-order valence-electron chi connectivity index (χ2n) is 17.8. The van der Waals surface area contributed by atoms with Crippen LogP contribution in [0.4, 0.5) is 10.6 Å². The van der Waals surface area contributed by atoms with Crippen molar-refractivity contribution in [2.75, 3.05) is 25.1 Å². The van der Waals surface area contributed by atoms with Crippen LogP contribution >= 0.6 is 7.82 Å². The predicted octanol–water partition coefficient (Wildman–Crippen LogP) is 7.78. The van der Waals surface area contributed by atoms with E-state index in [1.54, 1.807) is 58.0 Å². The largest absolute Gasteiger partial charge is 0.530 e. The standard InChI is InChI=1S/C52H52N7O14P/c1-30(2)50(63)71-43-41(70-48(44(43)72-51(64)31(3)4)59-29-56-42-45(54-28-55-46(42)59)58-47(60)33-13-6-5-7-14-33)27-69-74(66,68-24-12-23-53)73-34-21-19-32(20-22-34)25-40(49(61)62)57-52(65)67-26-39-37-17-10-8-15-35(37)36-16-9-11-18-38(36)39/h5-11,13-22,28-31,39-41,43-44,48H,12,24-27H2,1-4H3,(H,57,65)(H,61,62)(H,54,55,58,60)/t40-,41+,43+,44+,48+,74?/m0/s1. The van der Waals surface area contributed by atoms with E-state index in [9.17, 15) is 38.9 Å². The molecule has 2 aliphatic rings. The van der Waals surface area contributed by atoms with E-state index in [-0.39, 0.29) is 48.1 Å². The summed E-state index contributed by atoms with van der Waals surface area (Å²) >= 11 is 0. The average molecular weight is 1030 g/mol. The molecule has 6 atom stereocenters. The highest BCUT2D eigenvalue weighted by Crippen LogP contribution is 2.51. The molecule has 0 bridgehead atoms. The van der Waals surface area contributed by atoms with E-state index in [0.717, 1.165) is 22.3 Å². The van der Waals surface area contributed by atoms with Gasteiger partial charge in [-0.15, -0.1) is 0 Å². The number of anilines is 1. The van der Waals surface area contributed by atoms with Gasteiger partial charge in [-0.05, 0) is 52.1 Å². The number of rotatable bonds is 21. The van der Waals surface area contributed by atoms with E-state index in [1.165, 1.54) is 41.5 Å². The molecule has 1 aliphatic carbocycles. The van der Waals surface area contributed by atoms with Crippen molar-refractivity contribution < 1.29 is 66.2 Å². The maximum Gasteiger partial charge on any atom is 0.530 e. The predicted molar refractivity (Wildman–Crippen MR) is 263 cm³/mol. The van der Waals surface area contributed by atoms with Crippen molar-refractivity contribution in [3.63, 3.8) is 0 Å². The van der Waals surface area contributed by atoms with E-state index >= 15 is 0 Å². The number of hydrogen-bond donors (Lipinski definition) is 3. The Morgan fingerprint density at radius 2 is 1.43 bits per heavy atom. The number of phosphoric ester groups is 1. The minimum absolute atomic E-state index is 0.0178. The first kappa shape index (κ1) is 52.3. The molecule has 3 heterocycles. The number of carboxylic acids is 1. The van der Waals surface area contributed by atoms with Gasteiger partial charge in [-0.25, -0.2) is 29.1 Å². The molecule has 0 radical (unpaired) electrons. The van der Waals surface area contributed by atoms with Crippen molar-refractivity contribution in [1.29, 1.82) is 5.26 Å². The van der Waals surface area contributed by atoms with Crippen LogP contribution in [0.2, 0.25) is 0 Å². The summed E-state index contributed by atoms with van der Waals surface area (Å²) in [6, 6.07) is 30.3. The number of ether oxygens (including phenoxy) is 4. The Labute approximate surface area is 424 Å². The number of benzene rings is 4. The molecular formula is C52H52N7O14P. The van der Waals surface area contributed by atoms with Crippen LogP contribution in [0.3, 0.4) is 0 Å². The molecule has 0 saturated carbocycles. The van der Waals surface area contributed by atoms with Crippen LogP contribution in [0.25, 0.3) is 22.3 Å². The zero-order valence-corrected chi connectivity index (χ0v) is 41.5. The molecule has 74 heavy (non-hydrogen) atoms. The number of aliphatic carboxylic acids is 1. The third-order valence-corrected chi connectivity index (χ3v) is 13.4. The SMILES string of the molecule is CC(C)C(=O)O[C@@H]1[C@H](OC(=O)C(C)C)[C@@H](COP(=O)(OCCC#N)Oc2ccc(C[C@H](NC(=O)OCC3c4ccccc4-c4ccccc43)C(=O)O)cc2)O[C@H]1n1cnc2c(NC(=O)c3ccccc3)ncnc21. The monoisotopic (exact) mass is 1030 g/mol. The van der Waals surface area contributed by atoms with Crippen molar-refractivity contribution in [2.45, 2.75) is 77.0 Å². The van der Waals surface area contributed by atoms with E-state index in [0.29, 0.717) is 11.1 Å². The minimum atomic E-state index is -4.69. The lowest BCUT2D eigenvalue weighted by atomic mass is 9.98. The zero-order chi connectivity index (χ0) is 52.5. The summed E-state index contributed by atoms with van der Waals surface area (Å²) in [4.78, 5) is 78.2. The molecule has 1 saturated heterocycles. The molecule has 4 aromatic carbocycles. The van der Waals surface area contributed by atoms with Gasteiger partial charge in [-0.2, -0.15) is 5.26 Å². The number of carbonyl (C=O) groups excluding carboxylic acids is 4. The fourth-order valence-corrected chi connectivity index (χ4v) is 9.47. The number of aromatic nitrogens is 4. The summed E-state index contributed by atoms with van der Waals surface area (Å²) < 4.78 is 57.0. The van der Waals surface area contributed by atoms with E-state index < -0.39 is 93.4 Å². The van der Waals surface area contributed by atoms with E-state index in [1.807, 2.05) is 54.6 Å². The Kier molecular flexibility index (Phi) is 16.4. The Hall–Kier alpha value is -8.02. The topological polar surface area (TPSA) is 279 Å². The molecular weight excluding hydrogens is 978 g/mol. The number of nitrogens with one attached hydrogen (secondary N) is 2. The molecule has 384 valence electrons. The quantitative estimate of drug-likeness (QED) is 0.0268. The van der Waals surface area contributed by atoms with Gasteiger partial charge >= 0.3 is 31.8 Å². The molecule has 2 aromatic heterocycles. The second-order valence-corrected chi connectivity index (χ2v) is 19.4. The number of fused-ring (bicyclic) bond motifs is 4. The van der Waals surface area contributed by atoms with Crippen molar-refractivity contribution in [3.05, 3.63) is 138 Å². The molecule has 2 amide bonds. The van der Waals surface area contributed by atoms with Gasteiger partial charge in [0.15, 0.2) is 35.4 Å². The molecule has 8 rings (SSSR count). The third-order valence-electron chi connectivity index (χ3n) is 12.0. The lowest BCUT2D eigenvalue weighted by Crippen LogP contribution is -2.42. The van der Waals surface area contributed by atoms with E-state index in [4.69, 9.17) is 32.5 Å². The molecule has 6 aromatic rings. The number of carboxylic acid groups (broad SMARTS) is 1. The van der Waals surface area contributed by atoms with Crippen molar-refractivity contribution >= 4 is 54.7 Å². The van der Waals surface area contributed by atoms with Gasteiger partial charge in [0.25, 0.3) is 5.91 Å². The molecule has 3 N–H and O–H groups in total. The van der Waals surface area contributed by atoms with Gasteiger partial charge in [0.05, 0.1) is 43.9 Å². The summed E-state index contributed by atoms with van der Waals surface area (Å²) in [6.07, 6.45) is -4.21. The Balaban J connectivity index is 0.977. The molecule has 1 unspecified atom stereocenters. The average Bonchev–Trinajstić information content (AvgIpc) is 4.08. The first-order valence-corrected chi connectivity index (χ1v) is 25.1. The van der Waals surface area contributed by atoms with Crippen LogP contribution in [0.15, 0.2) is 116 Å². The van der Waals surface area contributed by atoms with Gasteiger partial charge in [-0.3, -0.25) is 28.0 Å². The maximum atomic E-state index is 14.4. The van der Waals surface area contributed by atoms with Crippen LogP contribution in [0.5, 0.6) is 5.75 Å². The number of phosphoric acid groups is 1. The number of nitriles is 1. The fourth-order valence-electron chi connectivity index (χ4n) is 8.26. The van der Waals surface area contributed by atoms with Gasteiger partial charge in [0.1, 0.15) is 30.8 Å². The number of amides is 2. The molecule has 1 aliphatic heterocycles. The van der Waals surface area contributed by atoms with Crippen molar-refractivity contribution in [2.24, 2.45) is 11.8 Å². The third kappa shape index (κ3) is 12.1. The number of alkyl carbamates (subject to hydrolysis) is 1. The number of carbonyl (C=O) groups is 5. The minimum Gasteiger partial charge on any atom is -0.480 e. The van der Waals surface area contributed by atoms with Gasteiger partial charge in [-0.1, -0.05) is 107 Å². The maximum absolute atomic E-state index is 14.4. The molecule has 1 fully saturated rings. The highest BCUT2D eigenvalue weighted by molar-refractivity contribution is 7.48. The van der Waals surface area contributed by atoms with E-state index in [2.05, 4.69) is 25.6 Å². The number of hydrogen-bond acceptors (Lipinski definition) is 17.